The first-order valence-corrected chi connectivity index (χ1v) is 5.81. The molecule has 0 heterocycles. The van der Waals surface area contributed by atoms with Gasteiger partial charge in [0, 0.05) is 23.9 Å². The number of hydrogen-bond acceptors (Lipinski definition) is 5. The number of primary amides is 1. The van der Waals surface area contributed by atoms with E-state index in [2.05, 4.69) is 5.32 Å². The number of non-ortho nitro benzene ring substituents is 1. The van der Waals surface area contributed by atoms with Gasteiger partial charge >= 0.3 is 5.97 Å². The maximum Gasteiger partial charge on any atom is 0.308 e. The number of anilines is 1. The van der Waals surface area contributed by atoms with Crippen LogP contribution >= 0.6 is 0 Å². The lowest BCUT2D eigenvalue weighted by Gasteiger charge is -2.20. The van der Waals surface area contributed by atoms with E-state index in [-0.39, 0.29) is 16.9 Å². The van der Waals surface area contributed by atoms with E-state index in [1.807, 2.05) is 0 Å². The molecule has 0 aliphatic rings. The van der Waals surface area contributed by atoms with Crippen LogP contribution in [0, 0.1) is 16.0 Å². The molecule has 0 spiro atoms. The van der Waals surface area contributed by atoms with Gasteiger partial charge in [-0.2, -0.15) is 0 Å². The number of nitrogens with one attached hydrogen (secondary N) is 1. The van der Waals surface area contributed by atoms with Gasteiger partial charge in [-0.1, -0.05) is 0 Å². The number of rotatable bonds is 6. The number of carboxylic acids is 1. The van der Waals surface area contributed by atoms with E-state index in [1.54, 1.807) is 6.92 Å². The normalized spacial score (nSPS) is 13.3. The van der Waals surface area contributed by atoms with Crippen molar-refractivity contribution in [3.05, 3.63) is 33.9 Å². The standard InChI is InChI=1S/C12H15N3O5/c1-6(12(17)18)7(2)14-10-4-3-8(15(19)20)5-9(10)11(13)16/h3-7,14H,1-2H3,(H2,13,16)(H,17,18). The van der Waals surface area contributed by atoms with Gasteiger partial charge < -0.3 is 16.2 Å². The Morgan fingerprint density at radius 1 is 1.40 bits per heavy atom. The van der Waals surface area contributed by atoms with E-state index < -0.39 is 28.8 Å². The van der Waals surface area contributed by atoms with Gasteiger partial charge in [0.2, 0.25) is 0 Å². The number of hydrogen-bond donors (Lipinski definition) is 3. The molecule has 0 fully saturated rings. The minimum atomic E-state index is -0.993. The van der Waals surface area contributed by atoms with Gasteiger partial charge in [0.1, 0.15) is 0 Å². The van der Waals surface area contributed by atoms with Crippen molar-refractivity contribution in [2.75, 3.05) is 5.32 Å². The van der Waals surface area contributed by atoms with Crippen molar-refractivity contribution in [2.24, 2.45) is 11.7 Å². The fraction of sp³-hybridized carbons (Fsp3) is 0.333. The first-order valence-electron chi connectivity index (χ1n) is 5.81. The van der Waals surface area contributed by atoms with E-state index in [0.29, 0.717) is 0 Å². The average molecular weight is 281 g/mol. The summed E-state index contributed by atoms with van der Waals surface area (Å²) < 4.78 is 0. The number of nitrogens with two attached hydrogens (primary N) is 1. The summed E-state index contributed by atoms with van der Waals surface area (Å²) >= 11 is 0. The molecule has 2 unspecified atom stereocenters. The molecule has 108 valence electrons. The van der Waals surface area contributed by atoms with E-state index >= 15 is 0 Å². The summed E-state index contributed by atoms with van der Waals surface area (Å²) in [5.74, 6) is -2.52. The van der Waals surface area contributed by atoms with Crippen molar-refractivity contribution in [2.45, 2.75) is 19.9 Å². The van der Waals surface area contributed by atoms with Crippen LogP contribution in [-0.4, -0.2) is 27.9 Å². The molecular formula is C12H15N3O5. The van der Waals surface area contributed by atoms with Gasteiger partial charge in [0.25, 0.3) is 11.6 Å². The van der Waals surface area contributed by atoms with Crippen molar-refractivity contribution in [3.63, 3.8) is 0 Å². The Balaban J connectivity index is 3.09. The van der Waals surface area contributed by atoms with Crippen LogP contribution in [0.4, 0.5) is 11.4 Å². The third kappa shape index (κ3) is 3.44. The Hall–Kier alpha value is -2.64. The molecule has 0 aliphatic carbocycles. The van der Waals surface area contributed by atoms with Crippen LogP contribution in [0.25, 0.3) is 0 Å². The zero-order valence-corrected chi connectivity index (χ0v) is 11.0. The van der Waals surface area contributed by atoms with Gasteiger partial charge in [-0.05, 0) is 19.9 Å². The average Bonchev–Trinajstić information content (AvgIpc) is 2.37. The SMILES string of the molecule is CC(Nc1ccc([N+](=O)[O-])cc1C(N)=O)C(C)C(=O)O. The molecule has 1 amide bonds. The van der Waals surface area contributed by atoms with Crippen LogP contribution in [0.3, 0.4) is 0 Å². The lowest BCUT2D eigenvalue weighted by molar-refractivity contribution is -0.384. The number of amides is 1. The second-order valence-electron chi connectivity index (χ2n) is 4.41. The first kappa shape index (κ1) is 15.4. The maximum atomic E-state index is 11.3. The summed E-state index contributed by atoms with van der Waals surface area (Å²) in [6.45, 7) is 3.14. The van der Waals surface area contributed by atoms with Crippen LogP contribution in [0.2, 0.25) is 0 Å². The fourth-order valence-electron chi connectivity index (χ4n) is 1.56. The van der Waals surface area contributed by atoms with Crippen LogP contribution in [0.1, 0.15) is 24.2 Å². The number of carbonyl (C=O) groups is 2. The van der Waals surface area contributed by atoms with Gasteiger partial charge in [-0.3, -0.25) is 19.7 Å². The number of nitrogens with zero attached hydrogens (tertiary/aromatic N) is 1. The Labute approximate surface area is 114 Å². The number of nitro groups is 1. The van der Waals surface area contributed by atoms with Crippen LogP contribution in [0.15, 0.2) is 18.2 Å². The number of nitro benzene ring substituents is 1. The van der Waals surface area contributed by atoms with E-state index in [4.69, 9.17) is 10.8 Å². The van der Waals surface area contributed by atoms with Crippen molar-refractivity contribution in [1.82, 2.24) is 0 Å². The number of benzene rings is 1. The molecule has 0 aliphatic heterocycles. The number of carboxylic acid groups (broad SMARTS) is 1. The van der Waals surface area contributed by atoms with Crippen LogP contribution in [-0.2, 0) is 4.79 Å². The van der Waals surface area contributed by atoms with E-state index in [0.717, 1.165) is 6.07 Å². The molecule has 0 bridgehead atoms. The van der Waals surface area contributed by atoms with Crippen LogP contribution < -0.4 is 11.1 Å². The topological polar surface area (TPSA) is 136 Å². The van der Waals surface area contributed by atoms with Crippen molar-refractivity contribution in [1.29, 1.82) is 0 Å². The smallest absolute Gasteiger partial charge is 0.308 e. The molecule has 1 aromatic rings. The van der Waals surface area contributed by atoms with Gasteiger partial charge in [0.05, 0.1) is 16.4 Å². The Bertz CT molecular complexity index is 558. The first-order chi connectivity index (χ1) is 9.23. The summed E-state index contributed by atoms with van der Waals surface area (Å²) in [4.78, 5) is 32.2. The molecule has 0 aromatic heterocycles. The Morgan fingerprint density at radius 2 is 2.00 bits per heavy atom. The quantitative estimate of drug-likeness (QED) is 0.529. The second-order valence-corrected chi connectivity index (χ2v) is 4.41. The molecule has 8 nitrogen and oxygen atoms in total. The molecule has 0 radical (unpaired) electrons. The fourth-order valence-corrected chi connectivity index (χ4v) is 1.56. The Kier molecular flexibility index (Phi) is 4.63. The summed E-state index contributed by atoms with van der Waals surface area (Å²) in [6.07, 6.45) is 0. The van der Waals surface area contributed by atoms with E-state index in [1.165, 1.54) is 19.1 Å². The zero-order chi connectivity index (χ0) is 15.4. The molecule has 4 N–H and O–H groups in total. The molecule has 0 saturated carbocycles. The monoisotopic (exact) mass is 281 g/mol. The highest BCUT2D eigenvalue weighted by Gasteiger charge is 2.22. The highest BCUT2D eigenvalue weighted by atomic mass is 16.6. The Morgan fingerprint density at radius 3 is 2.45 bits per heavy atom. The molecular weight excluding hydrogens is 266 g/mol. The van der Waals surface area contributed by atoms with E-state index in [9.17, 15) is 19.7 Å². The summed E-state index contributed by atoms with van der Waals surface area (Å²) in [5.41, 5.74) is 5.13. The predicted molar refractivity (Wildman–Crippen MR) is 71.5 cm³/mol. The summed E-state index contributed by atoms with van der Waals surface area (Å²) in [6, 6.07) is 3.13. The van der Waals surface area contributed by atoms with Crippen molar-refractivity contribution in [3.8, 4) is 0 Å². The van der Waals surface area contributed by atoms with Gasteiger partial charge in [0.15, 0.2) is 0 Å². The summed E-state index contributed by atoms with van der Waals surface area (Å²) in [5, 5.41) is 22.4. The third-order valence-corrected chi connectivity index (χ3v) is 3.00. The highest BCUT2D eigenvalue weighted by Crippen LogP contribution is 2.23. The molecule has 2 atom stereocenters. The molecule has 0 saturated heterocycles. The minimum absolute atomic E-state index is 0.0522. The predicted octanol–water partition coefficient (Wildman–Crippen LogP) is 1.21. The third-order valence-electron chi connectivity index (χ3n) is 3.00. The van der Waals surface area contributed by atoms with Gasteiger partial charge in [-0.25, -0.2) is 0 Å². The lowest BCUT2D eigenvalue weighted by Crippen LogP contribution is -2.30. The summed E-state index contributed by atoms with van der Waals surface area (Å²) in [7, 11) is 0. The maximum absolute atomic E-state index is 11.3. The van der Waals surface area contributed by atoms with Gasteiger partial charge in [-0.15, -0.1) is 0 Å². The lowest BCUT2D eigenvalue weighted by atomic mass is 10.0. The highest BCUT2D eigenvalue weighted by molar-refractivity contribution is 5.99. The zero-order valence-electron chi connectivity index (χ0n) is 11.0. The number of carbonyl (C=O) groups excluding carboxylic acids is 1. The van der Waals surface area contributed by atoms with Crippen molar-refractivity contribution < 1.29 is 19.6 Å². The molecule has 1 rings (SSSR count). The molecule has 1 aromatic carbocycles. The molecule has 8 heteroatoms. The van der Waals surface area contributed by atoms with Crippen molar-refractivity contribution >= 4 is 23.3 Å². The van der Waals surface area contributed by atoms with Crippen LogP contribution in [0.5, 0.6) is 0 Å². The largest absolute Gasteiger partial charge is 0.481 e. The second kappa shape index (κ2) is 6.00. The number of aliphatic carboxylic acids is 1. The minimum Gasteiger partial charge on any atom is -0.481 e. The molecule has 20 heavy (non-hydrogen) atoms.